The highest BCUT2D eigenvalue weighted by Crippen LogP contribution is 2.08. The van der Waals surface area contributed by atoms with E-state index < -0.39 is 6.10 Å². The van der Waals surface area contributed by atoms with Crippen molar-refractivity contribution in [1.82, 2.24) is 4.98 Å². The monoisotopic (exact) mass is 151 g/mol. The largest absolute Gasteiger partial charge is 0.387 e. The molecule has 0 bridgehead atoms. The average Bonchev–Trinajstić information content (AvgIpc) is 2.05. The Morgan fingerprint density at radius 2 is 2.27 bits per heavy atom. The summed E-state index contributed by atoms with van der Waals surface area (Å²) in [6, 6.07) is 3.86. The Balaban J connectivity index is 2.83. The average molecular weight is 151 g/mol. The summed E-state index contributed by atoms with van der Waals surface area (Å²) in [6.07, 6.45) is 2.34. The van der Waals surface area contributed by atoms with Gasteiger partial charge in [-0.25, -0.2) is 0 Å². The summed E-state index contributed by atoms with van der Waals surface area (Å²) in [7, 11) is 0. The molecule has 0 aliphatic carbocycles. The standard InChI is InChI=1S/C9H13NO/c1-3-8-4-5-9(7(2)11)10-6-8/h4-7,11H,3H2,1-2H3/t7-/m0/s1. The van der Waals surface area contributed by atoms with Crippen LogP contribution in [0.1, 0.15) is 31.2 Å². The minimum atomic E-state index is -0.457. The first-order valence-corrected chi connectivity index (χ1v) is 3.87. The van der Waals surface area contributed by atoms with Gasteiger partial charge in [-0.1, -0.05) is 13.0 Å². The van der Waals surface area contributed by atoms with Crippen molar-refractivity contribution in [1.29, 1.82) is 0 Å². The maximum atomic E-state index is 9.12. The van der Waals surface area contributed by atoms with Gasteiger partial charge in [-0.15, -0.1) is 0 Å². The van der Waals surface area contributed by atoms with Crippen molar-refractivity contribution in [2.45, 2.75) is 26.4 Å². The van der Waals surface area contributed by atoms with Crippen LogP contribution < -0.4 is 0 Å². The lowest BCUT2D eigenvalue weighted by Crippen LogP contribution is -1.95. The minimum absolute atomic E-state index is 0.457. The van der Waals surface area contributed by atoms with Gasteiger partial charge in [0.1, 0.15) is 0 Å². The molecule has 0 aliphatic rings. The summed E-state index contributed by atoms with van der Waals surface area (Å²) in [4.78, 5) is 4.10. The molecule has 2 heteroatoms. The van der Waals surface area contributed by atoms with Gasteiger partial charge in [-0.3, -0.25) is 4.98 Å². The van der Waals surface area contributed by atoms with Gasteiger partial charge in [0.25, 0.3) is 0 Å². The van der Waals surface area contributed by atoms with E-state index in [0.29, 0.717) is 0 Å². The molecule has 0 radical (unpaired) electrons. The van der Waals surface area contributed by atoms with E-state index in [1.807, 2.05) is 18.3 Å². The molecule has 0 aliphatic heterocycles. The molecular weight excluding hydrogens is 138 g/mol. The predicted molar refractivity (Wildman–Crippen MR) is 44.2 cm³/mol. The molecule has 0 aromatic carbocycles. The molecule has 0 unspecified atom stereocenters. The number of hydrogen-bond donors (Lipinski definition) is 1. The lowest BCUT2D eigenvalue weighted by molar-refractivity contribution is 0.194. The van der Waals surface area contributed by atoms with Crippen molar-refractivity contribution in [2.75, 3.05) is 0 Å². The Bertz CT molecular complexity index is 216. The summed E-state index contributed by atoms with van der Waals surface area (Å²) >= 11 is 0. The third-order valence-electron chi connectivity index (χ3n) is 1.68. The Morgan fingerprint density at radius 3 is 2.64 bits per heavy atom. The zero-order valence-electron chi connectivity index (χ0n) is 6.91. The number of nitrogens with zero attached hydrogens (tertiary/aromatic N) is 1. The lowest BCUT2D eigenvalue weighted by Gasteiger charge is -2.02. The van der Waals surface area contributed by atoms with Gasteiger partial charge in [-0.2, -0.15) is 0 Å². The molecule has 0 spiro atoms. The SMILES string of the molecule is CCc1ccc([C@H](C)O)nc1. The smallest absolute Gasteiger partial charge is 0.0931 e. The number of aliphatic hydroxyl groups excluding tert-OH is 1. The molecule has 2 nitrogen and oxygen atoms in total. The number of aryl methyl sites for hydroxylation is 1. The van der Waals surface area contributed by atoms with Gasteiger partial charge in [0.05, 0.1) is 11.8 Å². The first kappa shape index (κ1) is 8.21. The van der Waals surface area contributed by atoms with Crippen LogP contribution in [-0.4, -0.2) is 10.1 Å². The van der Waals surface area contributed by atoms with Crippen molar-refractivity contribution in [2.24, 2.45) is 0 Å². The maximum Gasteiger partial charge on any atom is 0.0931 e. The molecule has 0 amide bonds. The van der Waals surface area contributed by atoms with Gasteiger partial charge in [-0.05, 0) is 25.0 Å². The van der Waals surface area contributed by atoms with Crippen LogP contribution in [0.2, 0.25) is 0 Å². The number of pyridine rings is 1. The minimum Gasteiger partial charge on any atom is -0.387 e. The molecule has 0 saturated heterocycles. The van der Waals surface area contributed by atoms with Crippen LogP contribution in [-0.2, 0) is 6.42 Å². The molecule has 1 rings (SSSR count). The molecule has 1 aromatic rings. The van der Waals surface area contributed by atoms with Crippen LogP contribution in [0.25, 0.3) is 0 Å². The van der Waals surface area contributed by atoms with E-state index in [9.17, 15) is 0 Å². The first-order valence-electron chi connectivity index (χ1n) is 3.87. The van der Waals surface area contributed by atoms with Crippen LogP contribution in [0.3, 0.4) is 0 Å². The molecular formula is C9H13NO. The van der Waals surface area contributed by atoms with Crippen molar-refractivity contribution < 1.29 is 5.11 Å². The summed E-state index contributed by atoms with van der Waals surface area (Å²) in [5, 5.41) is 9.12. The van der Waals surface area contributed by atoms with Crippen LogP contribution in [0.5, 0.6) is 0 Å². The fourth-order valence-corrected chi connectivity index (χ4v) is 0.892. The zero-order chi connectivity index (χ0) is 8.27. The zero-order valence-corrected chi connectivity index (χ0v) is 6.91. The Hall–Kier alpha value is -0.890. The summed E-state index contributed by atoms with van der Waals surface area (Å²) in [5.74, 6) is 0. The number of aromatic nitrogens is 1. The molecule has 11 heavy (non-hydrogen) atoms. The number of rotatable bonds is 2. The van der Waals surface area contributed by atoms with Gasteiger partial charge < -0.3 is 5.11 Å². The van der Waals surface area contributed by atoms with E-state index in [2.05, 4.69) is 11.9 Å². The maximum absolute atomic E-state index is 9.12. The van der Waals surface area contributed by atoms with E-state index in [-0.39, 0.29) is 0 Å². The number of hydrogen-bond acceptors (Lipinski definition) is 2. The van der Waals surface area contributed by atoms with Crippen molar-refractivity contribution in [3.63, 3.8) is 0 Å². The highest BCUT2D eigenvalue weighted by atomic mass is 16.3. The highest BCUT2D eigenvalue weighted by molar-refractivity contribution is 5.14. The van der Waals surface area contributed by atoms with Crippen LogP contribution >= 0.6 is 0 Å². The van der Waals surface area contributed by atoms with Gasteiger partial charge in [0, 0.05) is 6.20 Å². The Kier molecular flexibility index (Phi) is 2.60. The fraction of sp³-hybridized carbons (Fsp3) is 0.444. The van der Waals surface area contributed by atoms with E-state index in [1.54, 1.807) is 6.92 Å². The van der Waals surface area contributed by atoms with Gasteiger partial charge >= 0.3 is 0 Å². The third-order valence-corrected chi connectivity index (χ3v) is 1.68. The molecule has 60 valence electrons. The number of aliphatic hydroxyl groups is 1. The summed E-state index contributed by atoms with van der Waals surface area (Å²) in [5.41, 5.74) is 1.94. The summed E-state index contributed by atoms with van der Waals surface area (Å²) < 4.78 is 0. The van der Waals surface area contributed by atoms with Crippen molar-refractivity contribution >= 4 is 0 Å². The Morgan fingerprint density at radius 1 is 1.55 bits per heavy atom. The second-order valence-corrected chi connectivity index (χ2v) is 2.62. The van der Waals surface area contributed by atoms with Crippen LogP contribution in [0.4, 0.5) is 0 Å². The van der Waals surface area contributed by atoms with Crippen molar-refractivity contribution in [3.8, 4) is 0 Å². The van der Waals surface area contributed by atoms with Gasteiger partial charge in [0.2, 0.25) is 0 Å². The quantitative estimate of drug-likeness (QED) is 0.697. The Labute approximate surface area is 66.9 Å². The predicted octanol–water partition coefficient (Wildman–Crippen LogP) is 1.70. The second-order valence-electron chi connectivity index (χ2n) is 2.62. The fourth-order valence-electron chi connectivity index (χ4n) is 0.892. The van der Waals surface area contributed by atoms with Crippen LogP contribution in [0, 0.1) is 0 Å². The van der Waals surface area contributed by atoms with E-state index >= 15 is 0 Å². The molecule has 1 atom stereocenters. The highest BCUT2D eigenvalue weighted by Gasteiger charge is 1.99. The lowest BCUT2D eigenvalue weighted by atomic mass is 10.2. The second kappa shape index (κ2) is 3.49. The topological polar surface area (TPSA) is 33.1 Å². The molecule has 1 N–H and O–H groups in total. The van der Waals surface area contributed by atoms with Crippen molar-refractivity contribution in [3.05, 3.63) is 29.6 Å². The van der Waals surface area contributed by atoms with Gasteiger partial charge in [0.15, 0.2) is 0 Å². The molecule has 1 heterocycles. The first-order chi connectivity index (χ1) is 5.24. The third kappa shape index (κ3) is 2.02. The van der Waals surface area contributed by atoms with E-state index in [1.165, 1.54) is 5.56 Å². The van der Waals surface area contributed by atoms with E-state index in [0.717, 1.165) is 12.1 Å². The normalized spacial score (nSPS) is 13.0. The van der Waals surface area contributed by atoms with E-state index in [4.69, 9.17) is 5.11 Å². The summed E-state index contributed by atoms with van der Waals surface area (Å²) in [6.45, 7) is 3.80. The molecule has 0 saturated carbocycles. The van der Waals surface area contributed by atoms with Crippen LogP contribution in [0.15, 0.2) is 18.3 Å². The molecule has 0 fully saturated rings. The molecule has 1 aromatic heterocycles.